The topological polar surface area (TPSA) is 0 Å². The first-order valence-corrected chi connectivity index (χ1v) is 6.29. The summed E-state index contributed by atoms with van der Waals surface area (Å²) in [6.07, 6.45) is 1.16. The fraction of sp³-hybridized carbons (Fsp3) is 0.294. The van der Waals surface area contributed by atoms with Crippen molar-refractivity contribution in [2.75, 3.05) is 0 Å². The highest BCUT2D eigenvalue weighted by Gasteiger charge is 2.17. The van der Waals surface area contributed by atoms with Crippen molar-refractivity contribution in [1.82, 2.24) is 0 Å². The lowest BCUT2D eigenvalue weighted by molar-refractivity contribution is 0.506. The highest BCUT2D eigenvalue weighted by atomic mass is 14.2. The number of hydrogen-bond acceptors (Lipinski definition) is 0. The van der Waals surface area contributed by atoms with Crippen LogP contribution in [0.2, 0.25) is 0 Å². The molecule has 0 saturated carbocycles. The molecule has 0 unspecified atom stereocenters. The summed E-state index contributed by atoms with van der Waals surface area (Å²) in [5.74, 6) is 0. The number of hydrogen-bond donors (Lipinski definition) is 0. The van der Waals surface area contributed by atoms with E-state index in [4.69, 9.17) is 0 Å². The maximum atomic E-state index is 2.30. The molecule has 0 spiro atoms. The zero-order chi connectivity index (χ0) is 12.3. The predicted octanol–water partition coefficient (Wildman–Crippen LogP) is 5.04. The van der Waals surface area contributed by atoms with Gasteiger partial charge >= 0.3 is 0 Å². The molecule has 0 nitrogen and oxygen atoms in total. The molecule has 0 aromatic heterocycles. The molecular weight excluding hydrogens is 204 g/mol. The lowest BCUT2D eigenvalue weighted by Crippen LogP contribution is -2.14. The summed E-state index contributed by atoms with van der Waals surface area (Å²) in [6, 6.07) is 19.5. The van der Waals surface area contributed by atoms with E-state index in [1.165, 1.54) is 16.7 Å². The van der Waals surface area contributed by atoms with Gasteiger partial charge in [0.2, 0.25) is 0 Å². The van der Waals surface area contributed by atoms with Gasteiger partial charge in [-0.2, -0.15) is 0 Å². The third-order valence-corrected chi connectivity index (χ3v) is 3.66. The van der Waals surface area contributed by atoms with Gasteiger partial charge in [-0.3, -0.25) is 0 Å². The SMILES string of the molecule is CCC(C)(C)c1ccc(-c2ccccc2)cc1. The first kappa shape index (κ1) is 11.9. The van der Waals surface area contributed by atoms with Crippen LogP contribution in [0.5, 0.6) is 0 Å². The van der Waals surface area contributed by atoms with E-state index in [0.29, 0.717) is 0 Å². The molecule has 17 heavy (non-hydrogen) atoms. The third-order valence-electron chi connectivity index (χ3n) is 3.66. The molecular formula is C17H20. The van der Waals surface area contributed by atoms with Crippen LogP contribution >= 0.6 is 0 Å². The Bertz CT molecular complexity index is 463. The van der Waals surface area contributed by atoms with Crippen LogP contribution in [0.3, 0.4) is 0 Å². The smallest absolute Gasteiger partial charge is 0.0106 e. The van der Waals surface area contributed by atoms with E-state index in [1.54, 1.807) is 0 Å². The molecule has 0 saturated heterocycles. The molecule has 0 bridgehead atoms. The van der Waals surface area contributed by atoms with Crippen LogP contribution in [0.4, 0.5) is 0 Å². The minimum atomic E-state index is 0.273. The summed E-state index contributed by atoms with van der Waals surface area (Å²) in [7, 11) is 0. The summed E-state index contributed by atoms with van der Waals surface area (Å²) < 4.78 is 0. The van der Waals surface area contributed by atoms with Crippen LogP contribution in [0.1, 0.15) is 32.8 Å². The Morgan fingerprint density at radius 3 is 1.82 bits per heavy atom. The quantitative estimate of drug-likeness (QED) is 0.685. The molecule has 0 fully saturated rings. The van der Waals surface area contributed by atoms with Crippen molar-refractivity contribution in [2.45, 2.75) is 32.6 Å². The van der Waals surface area contributed by atoms with E-state index in [0.717, 1.165) is 6.42 Å². The maximum Gasteiger partial charge on any atom is -0.0106 e. The summed E-state index contributed by atoms with van der Waals surface area (Å²) in [4.78, 5) is 0. The van der Waals surface area contributed by atoms with Gasteiger partial charge in [-0.15, -0.1) is 0 Å². The highest BCUT2D eigenvalue weighted by molar-refractivity contribution is 5.63. The monoisotopic (exact) mass is 224 g/mol. The third kappa shape index (κ3) is 2.58. The predicted molar refractivity (Wildman–Crippen MR) is 75.2 cm³/mol. The van der Waals surface area contributed by atoms with Crippen molar-refractivity contribution in [3.63, 3.8) is 0 Å². The Morgan fingerprint density at radius 2 is 1.29 bits per heavy atom. The average Bonchev–Trinajstić information content (AvgIpc) is 2.40. The maximum absolute atomic E-state index is 2.30. The Labute approximate surface area is 104 Å². The van der Waals surface area contributed by atoms with Gasteiger partial charge in [-0.05, 0) is 28.5 Å². The fourth-order valence-electron chi connectivity index (χ4n) is 1.95. The first-order valence-electron chi connectivity index (χ1n) is 6.29. The van der Waals surface area contributed by atoms with Crippen LogP contribution < -0.4 is 0 Å². The van der Waals surface area contributed by atoms with Crippen LogP contribution in [0, 0.1) is 0 Å². The molecule has 0 aliphatic carbocycles. The van der Waals surface area contributed by atoms with Gasteiger partial charge in [-0.1, -0.05) is 75.4 Å². The van der Waals surface area contributed by atoms with Crippen LogP contribution in [-0.4, -0.2) is 0 Å². The van der Waals surface area contributed by atoms with Crippen LogP contribution in [0.25, 0.3) is 11.1 Å². The minimum Gasteiger partial charge on any atom is -0.0646 e. The molecule has 0 aliphatic rings. The molecule has 0 heterocycles. The Kier molecular flexibility index (Phi) is 3.33. The molecule has 0 heteroatoms. The summed E-state index contributed by atoms with van der Waals surface area (Å²) in [5, 5.41) is 0. The van der Waals surface area contributed by atoms with Crippen molar-refractivity contribution in [3.8, 4) is 11.1 Å². The second kappa shape index (κ2) is 4.75. The van der Waals surface area contributed by atoms with E-state index in [2.05, 4.69) is 75.4 Å². The van der Waals surface area contributed by atoms with Gasteiger partial charge in [0, 0.05) is 0 Å². The second-order valence-corrected chi connectivity index (χ2v) is 5.18. The van der Waals surface area contributed by atoms with Crippen molar-refractivity contribution >= 4 is 0 Å². The van der Waals surface area contributed by atoms with Gasteiger partial charge in [0.25, 0.3) is 0 Å². The molecule has 2 aromatic rings. The van der Waals surface area contributed by atoms with E-state index in [-0.39, 0.29) is 5.41 Å². The molecule has 2 aromatic carbocycles. The number of benzene rings is 2. The van der Waals surface area contributed by atoms with E-state index >= 15 is 0 Å². The van der Waals surface area contributed by atoms with Crippen molar-refractivity contribution in [1.29, 1.82) is 0 Å². The largest absolute Gasteiger partial charge is 0.0646 e. The summed E-state index contributed by atoms with van der Waals surface area (Å²) in [5.41, 5.74) is 4.27. The molecule has 88 valence electrons. The summed E-state index contributed by atoms with van der Waals surface area (Å²) >= 11 is 0. The van der Waals surface area contributed by atoms with Gasteiger partial charge in [0.1, 0.15) is 0 Å². The van der Waals surface area contributed by atoms with Gasteiger partial charge in [0.05, 0.1) is 0 Å². The zero-order valence-corrected chi connectivity index (χ0v) is 10.9. The van der Waals surface area contributed by atoms with Gasteiger partial charge in [0.15, 0.2) is 0 Å². The second-order valence-electron chi connectivity index (χ2n) is 5.18. The molecule has 2 rings (SSSR count). The molecule has 0 atom stereocenters. The Morgan fingerprint density at radius 1 is 0.765 bits per heavy atom. The molecule has 0 amide bonds. The first-order chi connectivity index (χ1) is 8.13. The molecule has 0 radical (unpaired) electrons. The van der Waals surface area contributed by atoms with Crippen molar-refractivity contribution in [3.05, 3.63) is 60.2 Å². The Balaban J connectivity index is 2.31. The molecule has 0 N–H and O–H groups in total. The zero-order valence-electron chi connectivity index (χ0n) is 10.9. The fourth-order valence-corrected chi connectivity index (χ4v) is 1.95. The highest BCUT2D eigenvalue weighted by Crippen LogP contribution is 2.28. The number of rotatable bonds is 3. The van der Waals surface area contributed by atoms with Gasteiger partial charge < -0.3 is 0 Å². The van der Waals surface area contributed by atoms with E-state index < -0.39 is 0 Å². The van der Waals surface area contributed by atoms with Crippen molar-refractivity contribution in [2.24, 2.45) is 0 Å². The van der Waals surface area contributed by atoms with Crippen LogP contribution in [0.15, 0.2) is 54.6 Å². The molecule has 0 aliphatic heterocycles. The van der Waals surface area contributed by atoms with E-state index in [1.807, 2.05) is 0 Å². The lowest BCUT2D eigenvalue weighted by Gasteiger charge is -2.23. The van der Waals surface area contributed by atoms with Crippen molar-refractivity contribution < 1.29 is 0 Å². The minimum absolute atomic E-state index is 0.273. The Hall–Kier alpha value is -1.56. The van der Waals surface area contributed by atoms with E-state index in [9.17, 15) is 0 Å². The summed E-state index contributed by atoms with van der Waals surface area (Å²) in [6.45, 7) is 6.83. The standard InChI is InChI=1S/C17H20/c1-4-17(2,3)16-12-10-15(11-13-16)14-8-6-5-7-9-14/h5-13H,4H2,1-3H3. The normalized spacial score (nSPS) is 11.5. The van der Waals surface area contributed by atoms with Crippen LogP contribution in [-0.2, 0) is 5.41 Å². The average molecular weight is 224 g/mol. The van der Waals surface area contributed by atoms with Gasteiger partial charge in [-0.25, -0.2) is 0 Å². The lowest BCUT2D eigenvalue weighted by atomic mass is 9.82.